The number of thioether (sulfide) groups is 1. The topological polar surface area (TPSA) is 69.0 Å². The van der Waals surface area contributed by atoms with Gasteiger partial charge in [0.15, 0.2) is 11.0 Å². The zero-order chi connectivity index (χ0) is 19.4. The molecule has 0 saturated carbocycles. The van der Waals surface area contributed by atoms with Crippen molar-refractivity contribution in [1.82, 2.24) is 20.1 Å². The van der Waals surface area contributed by atoms with E-state index in [2.05, 4.69) is 15.5 Å². The fraction of sp³-hybridized carbons (Fsp3) is 0.211. The van der Waals surface area contributed by atoms with Crippen LogP contribution in [0.5, 0.6) is 5.75 Å². The Labute approximate surface area is 166 Å². The van der Waals surface area contributed by atoms with Gasteiger partial charge in [0.1, 0.15) is 5.75 Å². The second-order valence-electron chi connectivity index (χ2n) is 5.69. The van der Waals surface area contributed by atoms with Crippen molar-refractivity contribution in [2.75, 3.05) is 14.2 Å². The Morgan fingerprint density at radius 1 is 1.19 bits per heavy atom. The summed E-state index contributed by atoms with van der Waals surface area (Å²) >= 11 is 7.38. The van der Waals surface area contributed by atoms with E-state index in [0.717, 1.165) is 11.3 Å². The molecular weight excluding hydrogens is 384 g/mol. The number of nitrogens with one attached hydrogen (secondary N) is 1. The minimum atomic E-state index is -0.323. The molecule has 0 spiro atoms. The van der Waals surface area contributed by atoms with Gasteiger partial charge < -0.3 is 10.1 Å². The highest BCUT2D eigenvalue weighted by Gasteiger charge is 2.22. The average Bonchev–Trinajstić information content (AvgIpc) is 3.11. The Bertz CT molecular complexity index is 943. The van der Waals surface area contributed by atoms with Crippen LogP contribution in [-0.4, -0.2) is 40.1 Å². The van der Waals surface area contributed by atoms with Gasteiger partial charge in [-0.15, -0.1) is 10.2 Å². The second-order valence-corrected chi connectivity index (χ2v) is 7.44. The van der Waals surface area contributed by atoms with E-state index in [1.165, 1.54) is 11.8 Å². The zero-order valence-corrected chi connectivity index (χ0v) is 16.7. The van der Waals surface area contributed by atoms with Crippen LogP contribution in [0, 0.1) is 0 Å². The molecule has 0 saturated heterocycles. The van der Waals surface area contributed by atoms with Crippen LogP contribution in [0.25, 0.3) is 17.1 Å². The largest absolute Gasteiger partial charge is 0.496 e. The number of rotatable bonds is 6. The van der Waals surface area contributed by atoms with E-state index in [-0.39, 0.29) is 11.2 Å². The first kappa shape index (κ1) is 19.3. The molecule has 27 heavy (non-hydrogen) atoms. The van der Waals surface area contributed by atoms with Crippen LogP contribution < -0.4 is 10.1 Å². The summed E-state index contributed by atoms with van der Waals surface area (Å²) in [5.41, 5.74) is 1.65. The van der Waals surface area contributed by atoms with Crippen molar-refractivity contribution in [1.29, 1.82) is 0 Å². The Kier molecular flexibility index (Phi) is 6.03. The minimum Gasteiger partial charge on any atom is -0.496 e. The quantitative estimate of drug-likeness (QED) is 0.635. The number of amides is 1. The normalized spacial score (nSPS) is 11.9. The number of ether oxygens (including phenoxy) is 1. The maximum atomic E-state index is 12.0. The number of carbonyl (C=O) groups is 1. The third-order valence-corrected chi connectivity index (χ3v) is 5.26. The van der Waals surface area contributed by atoms with Gasteiger partial charge >= 0.3 is 0 Å². The lowest BCUT2D eigenvalue weighted by atomic mass is 10.2. The van der Waals surface area contributed by atoms with Crippen LogP contribution in [0.15, 0.2) is 53.7 Å². The van der Waals surface area contributed by atoms with Crippen molar-refractivity contribution >= 4 is 29.3 Å². The number of benzene rings is 2. The highest BCUT2D eigenvalue weighted by Crippen LogP contribution is 2.34. The molecule has 1 aromatic heterocycles. The van der Waals surface area contributed by atoms with E-state index in [0.29, 0.717) is 21.8 Å². The molecule has 0 radical (unpaired) electrons. The van der Waals surface area contributed by atoms with Crippen molar-refractivity contribution in [2.45, 2.75) is 17.3 Å². The molecule has 1 amide bonds. The number of nitrogens with zero attached hydrogens (tertiary/aromatic N) is 3. The average molecular weight is 403 g/mol. The molecule has 0 aliphatic rings. The SMILES string of the molecule is CNC(=O)C(C)Sc1nnc(-c2ccccc2OC)n1-c1ccc(Cl)cc1. The Morgan fingerprint density at radius 2 is 1.89 bits per heavy atom. The summed E-state index contributed by atoms with van der Waals surface area (Å²) in [4.78, 5) is 12.0. The van der Waals surface area contributed by atoms with E-state index in [1.54, 1.807) is 26.3 Å². The van der Waals surface area contributed by atoms with Crippen LogP contribution in [0.4, 0.5) is 0 Å². The van der Waals surface area contributed by atoms with Crippen molar-refractivity contribution < 1.29 is 9.53 Å². The number of aromatic nitrogens is 3. The third kappa shape index (κ3) is 4.09. The maximum absolute atomic E-state index is 12.0. The molecule has 0 aliphatic heterocycles. The van der Waals surface area contributed by atoms with Crippen molar-refractivity contribution in [3.63, 3.8) is 0 Å². The highest BCUT2D eigenvalue weighted by molar-refractivity contribution is 8.00. The van der Waals surface area contributed by atoms with Gasteiger partial charge in [0.25, 0.3) is 0 Å². The van der Waals surface area contributed by atoms with Gasteiger partial charge in [0, 0.05) is 17.8 Å². The van der Waals surface area contributed by atoms with Crippen molar-refractivity contribution in [3.8, 4) is 22.8 Å². The first-order valence-corrected chi connectivity index (χ1v) is 9.54. The lowest BCUT2D eigenvalue weighted by Gasteiger charge is -2.14. The van der Waals surface area contributed by atoms with Gasteiger partial charge in [-0.05, 0) is 43.3 Å². The molecule has 1 unspecified atom stereocenters. The van der Waals surface area contributed by atoms with Gasteiger partial charge in [0.05, 0.1) is 17.9 Å². The lowest BCUT2D eigenvalue weighted by Crippen LogP contribution is -2.27. The van der Waals surface area contributed by atoms with E-state index in [4.69, 9.17) is 16.3 Å². The second kappa shape index (κ2) is 8.45. The summed E-state index contributed by atoms with van der Waals surface area (Å²) < 4.78 is 7.38. The number of methoxy groups -OCH3 is 1. The zero-order valence-electron chi connectivity index (χ0n) is 15.1. The van der Waals surface area contributed by atoms with Crippen LogP contribution in [0.1, 0.15) is 6.92 Å². The summed E-state index contributed by atoms with van der Waals surface area (Å²) in [5, 5.41) is 12.3. The van der Waals surface area contributed by atoms with E-state index >= 15 is 0 Å². The molecule has 1 atom stereocenters. The molecule has 0 bridgehead atoms. The van der Waals surface area contributed by atoms with Gasteiger partial charge in [-0.3, -0.25) is 9.36 Å². The summed E-state index contributed by atoms with van der Waals surface area (Å²) in [6.45, 7) is 1.83. The summed E-state index contributed by atoms with van der Waals surface area (Å²) in [6, 6.07) is 15.0. The molecule has 3 rings (SSSR count). The molecule has 6 nitrogen and oxygen atoms in total. The molecular formula is C19H19ClN4O2S. The maximum Gasteiger partial charge on any atom is 0.233 e. The highest BCUT2D eigenvalue weighted by atomic mass is 35.5. The smallest absolute Gasteiger partial charge is 0.233 e. The lowest BCUT2D eigenvalue weighted by molar-refractivity contribution is -0.119. The number of carbonyl (C=O) groups excluding carboxylic acids is 1. The molecule has 2 aromatic carbocycles. The van der Waals surface area contributed by atoms with Crippen molar-refractivity contribution in [2.24, 2.45) is 0 Å². The van der Waals surface area contributed by atoms with Crippen LogP contribution >= 0.6 is 23.4 Å². The summed E-state index contributed by atoms with van der Waals surface area (Å²) in [7, 11) is 3.23. The Balaban J connectivity index is 2.14. The molecule has 3 aromatic rings. The fourth-order valence-electron chi connectivity index (χ4n) is 2.59. The van der Waals surface area contributed by atoms with Crippen LogP contribution in [0.2, 0.25) is 5.02 Å². The van der Waals surface area contributed by atoms with Crippen LogP contribution in [0.3, 0.4) is 0 Å². The van der Waals surface area contributed by atoms with Crippen LogP contribution in [-0.2, 0) is 4.79 Å². The monoisotopic (exact) mass is 402 g/mol. The number of halogens is 1. The molecule has 8 heteroatoms. The predicted molar refractivity (Wildman–Crippen MR) is 108 cm³/mol. The van der Waals surface area contributed by atoms with E-state index < -0.39 is 0 Å². The van der Waals surface area contributed by atoms with E-state index in [9.17, 15) is 4.79 Å². The van der Waals surface area contributed by atoms with Gasteiger partial charge in [-0.1, -0.05) is 35.5 Å². The fourth-order valence-corrected chi connectivity index (χ4v) is 3.64. The first-order chi connectivity index (χ1) is 13.0. The number of hydrogen-bond acceptors (Lipinski definition) is 5. The third-order valence-electron chi connectivity index (χ3n) is 3.96. The minimum absolute atomic E-state index is 0.0792. The molecule has 1 heterocycles. The molecule has 1 N–H and O–H groups in total. The Hall–Kier alpha value is -2.51. The van der Waals surface area contributed by atoms with Gasteiger partial charge in [-0.25, -0.2) is 0 Å². The predicted octanol–water partition coefficient (Wildman–Crippen LogP) is 3.82. The summed E-state index contributed by atoms with van der Waals surface area (Å²) in [6.07, 6.45) is 0. The number of para-hydroxylation sites is 1. The standard InChI is InChI=1S/C19H19ClN4O2S/c1-12(18(25)21-2)27-19-23-22-17(15-6-4-5-7-16(15)26-3)24(19)14-10-8-13(20)9-11-14/h4-12H,1-3H3,(H,21,25). The summed E-state index contributed by atoms with van der Waals surface area (Å²) in [5.74, 6) is 1.24. The van der Waals surface area contributed by atoms with Gasteiger partial charge in [-0.2, -0.15) is 0 Å². The molecule has 140 valence electrons. The number of hydrogen-bond donors (Lipinski definition) is 1. The molecule has 0 aliphatic carbocycles. The van der Waals surface area contributed by atoms with E-state index in [1.807, 2.05) is 47.9 Å². The van der Waals surface area contributed by atoms with Crippen molar-refractivity contribution in [3.05, 3.63) is 53.6 Å². The van der Waals surface area contributed by atoms with Gasteiger partial charge in [0.2, 0.25) is 5.91 Å². The molecule has 0 fully saturated rings. The first-order valence-electron chi connectivity index (χ1n) is 8.28. The Morgan fingerprint density at radius 3 is 2.56 bits per heavy atom.